The van der Waals surface area contributed by atoms with Crippen molar-refractivity contribution in [3.8, 4) is 5.75 Å². The van der Waals surface area contributed by atoms with Crippen molar-refractivity contribution in [2.24, 2.45) is 5.10 Å². The van der Waals surface area contributed by atoms with E-state index in [1.54, 1.807) is 0 Å². The highest BCUT2D eigenvalue weighted by Gasteiger charge is 2.07. The second-order valence-electron chi connectivity index (χ2n) is 4.87. The second-order valence-corrected chi connectivity index (χ2v) is 4.87. The number of carbonyl (C=O) groups excluding carboxylic acids is 1. The van der Waals surface area contributed by atoms with Gasteiger partial charge in [-0.05, 0) is 49.9 Å². The summed E-state index contributed by atoms with van der Waals surface area (Å²) in [7, 11) is 0. The van der Waals surface area contributed by atoms with Gasteiger partial charge in [0, 0.05) is 5.71 Å². The zero-order valence-electron chi connectivity index (χ0n) is 11.4. The molecule has 20 heavy (non-hydrogen) atoms. The molecule has 0 aliphatic heterocycles. The van der Waals surface area contributed by atoms with Crippen LogP contribution in [-0.4, -0.2) is 18.2 Å². The van der Waals surface area contributed by atoms with E-state index in [0.717, 1.165) is 31.4 Å². The molecular formula is C15H19FN2O2. The summed E-state index contributed by atoms with van der Waals surface area (Å²) < 4.78 is 17.9. The van der Waals surface area contributed by atoms with Crippen LogP contribution in [0.2, 0.25) is 0 Å². The summed E-state index contributed by atoms with van der Waals surface area (Å²) in [5, 5.41) is 4.15. The number of benzene rings is 1. The summed E-state index contributed by atoms with van der Waals surface area (Å²) >= 11 is 0. The molecule has 1 fully saturated rings. The van der Waals surface area contributed by atoms with Crippen molar-refractivity contribution in [2.75, 3.05) is 6.61 Å². The number of hydrazone groups is 1. The van der Waals surface area contributed by atoms with Gasteiger partial charge in [-0.3, -0.25) is 4.79 Å². The smallest absolute Gasteiger partial charge is 0.277 e. The van der Waals surface area contributed by atoms with Crippen molar-refractivity contribution in [3.63, 3.8) is 0 Å². The molecular weight excluding hydrogens is 259 g/mol. The molecule has 0 heterocycles. The highest BCUT2D eigenvalue weighted by molar-refractivity contribution is 5.86. The van der Waals surface area contributed by atoms with Crippen LogP contribution in [-0.2, 0) is 4.79 Å². The average Bonchev–Trinajstić information content (AvgIpc) is 2.73. The van der Waals surface area contributed by atoms with Crippen LogP contribution in [0, 0.1) is 5.82 Å². The first kappa shape index (κ1) is 14.5. The highest BCUT2D eigenvalue weighted by atomic mass is 19.1. The van der Waals surface area contributed by atoms with Crippen LogP contribution in [0.15, 0.2) is 29.4 Å². The van der Waals surface area contributed by atoms with Gasteiger partial charge in [-0.2, -0.15) is 5.10 Å². The minimum absolute atomic E-state index is 0.123. The fourth-order valence-electron chi connectivity index (χ4n) is 2.10. The van der Waals surface area contributed by atoms with Crippen molar-refractivity contribution in [1.82, 2.24) is 5.43 Å². The van der Waals surface area contributed by atoms with E-state index in [9.17, 15) is 9.18 Å². The van der Waals surface area contributed by atoms with Crippen LogP contribution >= 0.6 is 0 Å². The lowest BCUT2D eigenvalue weighted by molar-refractivity contribution is -0.123. The maximum Gasteiger partial charge on any atom is 0.277 e. The zero-order chi connectivity index (χ0) is 14.2. The number of nitrogens with zero attached hydrogens (tertiary/aromatic N) is 1. The third-order valence-corrected chi connectivity index (χ3v) is 3.20. The topological polar surface area (TPSA) is 50.7 Å². The summed E-state index contributed by atoms with van der Waals surface area (Å²) in [5.41, 5.74) is 3.57. The molecule has 5 heteroatoms. The Morgan fingerprint density at radius 3 is 2.45 bits per heavy atom. The van der Waals surface area contributed by atoms with Crippen LogP contribution in [0.3, 0.4) is 0 Å². The normalized spacial score (nSPS) is 15.3. The van der Waals surface area contributed by atoms with Crippen LogP contribution < -0.4 is 10.2 Å². The summed E-state index contributed by atoms with van der Waals surface area (Å²) in [6.45, 7) is -0.123. The third-order valence-electron chi connectivity index (χ3n) is 3.20. The van der Waals surface area contributed by atoms with Gasteiger partial charge in [0.25, 0.3) is 5.91 Å². The predicted octanol–water partition coefficient (Wildman–Crippen LogP) is 3.03. The fraction of sp³-hybridized carbons (Fsp3) is 0.467. The van der Waals surface area contributed by atoms with Gasteiger partial charge in [0.2, 0.25) is 0 Å². The van der Waals surface area contributed by atoms with Gasteiger partial charge in [-0.1, -0.05) is 12.8 Å². The van der Waals surface area contributed by atoms with Crippen molar-refractivity contribution < 1.29 is 13.9 Å². The Bertz CT molecular complexity index is 461. The molecule has 0 unspecified atom stereocenters. The SMILES string of the molecule is O=C(COc1ccc(F)cc1)NN=C1CCCCCC1. The van der Waals surface area contributed by atoms with Crippen molar-refractivity contribution in [1.29, 1.82) is 0 Å². The Balaban J connectivity index is 1.74. The molecule has 0 saturated heterocycles. The number of rotatable bonds is 4. The summed E-state index contributed by atoms with van der Waals surface area (Å²) in [6.07, 6.45) is 6.67. The Hall–Kier alpha value is -1.91. The van der Waals surface area contributed by atoms with E-state index >= 15 is 0 Å². The Kier molecular flexibility index (Phi) is 5.53. The van der Waals surface area contributed by atoms with Crippen molar-refractivity contribution in [3.05, 3.63) is 30.1 Å². The number of hydrogen-bond donors (Lipinski definition) is 1. The lowest BCUT2D eigenvalue weighted by Gasteiger charge is -2.06. The highest BCUT2D eigenvalue weighted by Crippen LogP contribution is 2.14. The van der Waals surface area contributed by atoms with E-state index in [1.165, 1.54) is 37.1 Å². The molecule has 1 aromatic rings. The van der Waals surface area contributed by atoms with Crippen molar-refractivity contribution in [2.45, 2.75) is 38.5 Å². The first-order valence-electron chi connectivity index (χ1n) is 6.97. The Morgan fingerprint density at radius 1 is 1.15 bits per heavy atom. The van der Waals surface area contributed by atoms with Gasteiger partial charge in [0.1, 0.15) is 11.6 Å². The van der Waals surface area contributed by atoms with Gasteiger partial charge in [0.15, 0.2) is 6.61 Å². The lowest BCUT2D eigenvalue weighted by Crippen LogP contribution is -2.25. The molecule has 0 spiro atoms. The van der Waals surface area contributed by atoms with E-state index in [0.29, 0.717) is 5.75 Å². The monoisotopic (exact) mass is 278 g/mol. The summed E-state index contributed by atoms with van der Waals surface area (Å²) in [5.74, 6) is -0.170. The quantitative estimate of drug-likeness (QED) is 0.680. The molecule has 1 saturated carbocycles. The maximum atomic E-state index is 12.7. The summed E-state index contributed by atoms with van der Waals surface area (Å²) in [4.78, 5) is 11.6. The molecule has 0 radical (unpaired) electrons. The number of nitrogens with one attached hydrogen (secondary N) is 1. The zero-order valence-corrected chi connectivity index (χ0v) is 11.4. The maximum absolute atomic E-state index is 12.7. The van der Waals surface area contributed by atoms with Crippen LogP contribution in [0.25, 0.3) is 0 Å². The van der Waals surface area contributed by atoms with Crippen LogP contribution in [0.1, 0.15) is 38.5 Å². The molecule has 108 valence electrons. The van der Waals surface area contributed by atoms with Crippen LogP contribution in [0.4, 0.5) is 4.39 Å². The minimum Gasteiger partial charge on any atom is -0.484 e. The van der Waals surface area contributed by atoms with E-state index in [1.807, 2.05) is 0 Å². The minimum atomic E-state index is -0.332. The molecule has 0 atom stereocenters. The average molecular weight is 278 g/mol. The lowest BCUT2D eigenvalue weighted by atomic mass is 10.2. The fourth-order valence-corrected chi connectivity index (χ4v) is 2.10. The molecule has 0 bridgehead atoms. The second kappa shape index (κ2) is 7.62. The molecule has 1 aliphatic rings. The molecule has 4 nitrogen and oxygen atoms in total. The number of halogens is 1. The largest absolute Gasteiger partial charge is 0.484 e. The molecule has 1 aliphatic carbocycles. The van der Waals surface area contributed by atoms with Crippen molar-refractivity contribution >= 4 is 11.6 Å². The predicted molar refractivity (Wildman–Crippen MR) is 75.2 cm³/mol. The van der Waals surface area contributed by atoms with E-state index in [4.69, 9.17) is 4.74 Å². The Morgan fingerprint density at radius 2 is 1.80 bits per heavy atom. The summed E-state index contributed by atoms with van der Waals surface area (Å²) in [6, 6.07) is 5.55. The van der Waals surface area contributed by atoms with E-state index in [-0.39, 0.29) is 18.3 Å². The van der Waals surface area contributed by atoms with Gasteiger partial charge in [0.05, 0.1) is 0 Å². The molecule has 1 amide bonds. The number of amides is 1. The Labute approximate surface area is 118 Å². The third kappa shape index (κ3) is 4.99. The molecule has 0 aromatic heterocycles. The standard InChI is InChI=1S/C15H19FN2O2/c16-12-7-9-14(10-8-12)20-11-15(19)18-17-13-5-3-1-2-4-6-13/h7-10H,1-6,11H2,(H,18,19). The number of ether oxygens (including phenoxy) is 1. The molecule has 2 rings (SSSR count). The van der Waals surface area contributed by atoms with Gasteiger partial charge in [-0.25, -0.2) is 9.82 Å². The molecule has 1 aromatic carbocycles. The van der Waals surface area contributed by atoms with E-state index in [2.05, 4.69) is 10.5 Å². The first-order valence-corrected chi connectivity index (χ1v) is 6.97. The van der Waals surface area contributed by atoms with Gasteiger partial charge >= 0.3 is 0 Å². The number of hydrogen-bond acceptors (Lipinski definition) is 3. The molecule has 1 N–H and O–H groups in total. The van der Waals surface area contributed by atoms with Crippen LogP contribution in [0.5, 0.6) is 5.75 Å². The van der Waals surface area contributed by atoms with E-state index < -0.39 is 0 Å². The van der Waals surface area contributed by atoms with Gasteiger partial charge in [-0.15, -0.1) is 0 Å². The number of carbonyl (C=O) groups is 1. The van der Waals surface area contributed by atoms with Gasteiger partial charge < -0.3 is 4.74 Å². The first-order chi connectivity index (χ1) is 9.74.